The number of ether oxygens (including phenoxy) is 2. The van der Waals surface area contributed by atoms with E-state index in [2.05, 4.69) is 0 Å². The lowest BCUT2D eigenvalue weighted by atomic mass is 9.44. The third kappa shape index (κ3) is 4.42. The first-order valence-electron chi connectivity index (χ1n) is 13.9. The third-order valence-corrected chi connectivity index (χ3v) is 12.0. The predicted molar refractivity (Wildman–Crippen MR) is 149 cm³/mol. The summed E-state index contributed by atoms with van der Waals surface area (Å²) in [4.78, 5) is 38.6. The van der Waals surface area contributed by atoms with E-state index < -0.39 is 93.0 Å². The fourth-order valence-electron chi connectivity index (χ4n) is 8.47. The number of aliphatic hydroxyl groups is 1. The number of rotatable bonds is 6. The molecule has 0 aliphatic heterocycles. The summed E-state index contributed by atoms with van der Waals surface area (Å²) < 4.78 is 74.6. The number of carbonyl (C=O) groups excluding carboxylic acids is 3. The monoisotopic (exact) mass is 642 g/mol. The summed E-state index contributed by atoms with van der Waals surface area (Å²) in [5.41, 5.74) is -7.75. The minimum atomic E-state index is -4.45. The first-order valence-corrected chi connectivity index (χ1v) is 15.7. The van der Waals surface area contributed by atoms with E-state index in [0.717, 1.165) is 19.3 Å². The van der Waals surface area contributed by atoms with Crippen molar-refractivity contribution in [2.45, 2.75) is 68.5 Å². The molecule has 0 bridgehead atoms. The smallest absolute Gasteiger partial charge is 0.438 e. The Balaban J connectivity index is 1.56. The van der Waals surface area contributed by atoms with Gasteiger partial charge < -0.3 is 14.6 Å². The summed E-state index contributed by atoms with van der Waals surface area (Å²) in [5.74, 6) is -4.22. The van der Waals surface area contributed by atoms with Crippen LogP contribution < -0.4 is 0 Å². The number of aliphatic hydroxyl groups excluding tert-OH is 1. The Morgan fingerprint density at radius 2 is 1.79 bits per heavy atom. The van der Waals surface area contributed by atoms with Gasteiger partial charge >= 0.3 is 6.16 Å². The van der Waals surface area contributed by atoms with Crippen LogP contribution in [-0.4, -0.2) is 68.5 Å². The van der Waals surface area contributed by atoms with Crippen molar-refractivity contribution in [1.82, 2.24) is 0 Å². The minimum absolute atomic E-state index is 0.0543. The van der Waals surface area contributed by atoms with Crippen LogP contribution in [0.25, 0.3) is 0 Å². The van der Waals surface area contributed by atoms with Gasteiger partial charge in [-0.1, -0.05) is 31.5 Å². The Morgan fingerprint density at radius 3 is 2.42 bits per heavy atom. The van der Waals surface area contributed by atoms with Gasteiger partial charge in [-0.05, 0) is 74.1 Å². The van der Waals surface area contributed by atoms with Crippen LogP contribution in [0.15, 0.2) is 53.0 Å². The fraction of sp³-hybridized carbons (Fsp3) is 0.567. The largest absolute Gasteiger partial charge is 0.509 e. The average Bonchev–Trinajstić information content (AvgIpc) is 3.16. The maximum atomic E-state index is 17.5. The van der Waals surface area contributed by atoms with Crippen LogP contribution in [0.3, 0.4) is 0 Å². The van der Waals surface area contributed by atoms with E-state index in [4.69, 9.17) is 25.3 Å². The number of halogens is 3. The van der Waals surface area contributed by atoms with E-state index in [1.54, 1.807) is 13.8 Å². The van der Waals surface area contributed by atoms with E-state index in [1.807, 2.05) is 0 Å². The Kier molecular flexibility index (Phi) is 7.72. The zero-order valence-electron chi connectivity index (χ0n) is 24.0. The van der Waals surface area contributed by atoms with Gasteiger partial charge in [0, 0.05) is 27.7 Å². The molecule has 13 heteroatoms. The zero-order chi connectivity index (χ0) is 31.8. The molecule has 0 radical (unpaired) electrons. The Hall–Kier alpha value is -2.67. The van der Waals surface area contributed by atoms with Crippen LogP contribution >= 0.6 is 11.6 Å². The topological polar surface area (TPSA) is 133 Å². The molecule has 1 aromatic carbocycles. The van der Waals surface area contributed by atoms with Crippen molar-refractivity contribution in [3.63, 3.8) is 0 Å². The van der Waals surface area contributed by atoms with Gasteiger partial charge in [-0.2, -0.15) is 8.42 Å². The predicted octanol–water partition coefficient (Wildman–Crippen LogP) is 4.70. The molecule has 0 heterocycles. The number of carbonyl (C=O) groups is 3. The van der Waals surface area contributed by atoms with E-state index >= 15 is 8.78 Å². The number of fused-ring (bicyclic) bond motifs is 5. The Bertz CT molecular complexity index is 1530. The normalized spacial score (nSPS) is 40.1. The van der Waals surface area contributed by atoms with Gasteiger partial charge in [0.25, 0.3) is 10.1 Å². The number of methoxy groups -OCH3 is 1. The number of alkyl halides is 2. The highest BCUT2D eigenvalue weighted by molar-refractivity contribution is 7.86. The van der Waals surface area contributed by atoms with Crippen LogP contribution in [0.1, 0.15) is 40.0 Å². The molecule has 5 rings (SSSR count). The maximum absolute atomic E-state index is 17.5. The molecule has 234 valence electrons. The van der Waals surface area contributed by atoms with Gasteiger partial charge in [0.05, 0.1) is 18.1 Å². The number of hydrogen-bond donors (Lipinski definition) is 1. The number of hydrogen-bond acceptors (Lipinski definition) is 9. The zero-order valence-corrected chi connectivity index (χ0v) is 25.6. The second-order valence-corrected chi connectivity index (χ2v) is 14.4. The summed E-state index contributed by atoms with van der Waals surface area (Å²) in [6.07, 6.45) is -1.91. The molecular weight excluding hydrogens is 610 g/mol. The van der Waals surface area contributed by atoms with E-state index in [0.29, 0.717) is 0 Å². The molecule has 0 amide bonds. The highest BCUT2D eigenvalue weighted by atomic mass is 35.5. The van der Waals surface area contributed by atoms with E-state index in [-0.39, 0.29) is 28.3 Å². The Labute approximate surface area is 253 Å². The van der Waals surface area contributed by atoms with Crippen molar-refractivity contribution in [1.29, 1.82) is 0 Å². The molecule has 1 N–H and O–H groups in total. The van der Waals surface area contributed by atoms with Gasteiger partial charge in [-0.15, -0.1) is 0 Å². The summed E-state index contributed by atoms with van der Waals surface area (Å²) in [5, 5.41) is 11.9. The molecule has 9 atom stereocenters. The number of Topliss-reactive ketones (excluding diaryl/α,β-unsaturated/α-hetero) is 1. The van der Waals surface area contributed by atoms with Crippen molar-refractivity contribution >= 4 is 39.4 Å². The van der Waals surface area contributed by atoms with Gasteiger partial charge in [0.1, 0.15) is 12.8 Å². The minimum Gasteiger partial charge on any atom is -0.438 e. The molecule has 4 aliphatic carbocycles. The second-order valence-electron chi connectivity index (χ2n) is 12.4. The number of benzene rings is 1. The van der Waals surface area contributed by atoms with Gasteiger partial charge in [-0.25, -0.2) is 13.6 Å². The highest BCUT2D eigenvalue weighted by Gasteiger charge is 2.78. The summed E-state index contributed by atoms with van der Waals surface area (Å²) >= 11 is 5.84. The first kappa shape index (κ1) is 31.7. The van der Waals surface area contributed by atoms with Crippen molar-refractivity contribution < 1.29 is 50.3 Å². The van der Waals surface area contributed by atoms with Crippen molar-refractivity contribution in [2.75, 3.05) is 13.7 Å². The lowest BCUT2D eigenvalue weighted by molar-refractivity contribution is -0.225. The van der Waals surface area contributed by atoms with Crippen LogP contribution in [-0.2, 0) is 33.4 Å². The SMILES string of the molecule is COC(=O)O[C@]1(C(=O)COS(=O)(=O)c2ccc(Cl)cc2)[C@H](C)C[C@H]2[C@@H]3C[C@H](F)C4=CC(=O)C=C[C@]4(C)[C@@]3(F)[C@@H](O)C[C@@]21C. The molecule has 1 aromatic rings. The van der Waals surface area contributed by atoms with Crippen molar-refractivity contribution in [2.24, 2.45) is 28.6 Å². The van der Waals surface area contributed by atoms with Crippen LogP contribution in [0, 0.1) is 28.6 Å². The lowest BCUT2D eigenvalue weighted by Gasteiger charge is -2.63. The number of allylic oxidation sites excluding steroid dienone is 4. The molecule has 0 unspecified atom stereocenters. The maximum Gasteiger partial charge on any atom is 0.509 e. The van der Waals surface area contributed by atoms with E-state index in [1.165, 1.54) is 37.3 Å². The molecule has 9 nitrogen and oxygen atoms in total. The van der Waals surface area contributed by atoms with Crippen LogP contribution in [0.2, 0.25) is 5.02 Å². The third-order valence-electron chi connectivity index (χ3n) is 10.4. The van der Waals surface area contributed by atoms with Crippen LogP contribution in [0.4, 0.5) is 13.6 Å². The quantitative estimate of drug-likeness (QED) is 0.346. The van der Waals surface area contributed by atoms with Gasteiger partial charge in [-0.3, -0.25) is 13.8 Å². The Morgan fingerprint density at radius 1 is 1.14 bits per heavy atom. The van der Waals surface area contributed by atoms with Crippen molar-refractivity contribution in [3.8, 4) is 0 Å². The summed E-state index contributed by atoms with van der Waals surface area (Å²) in [6.45, 7) is 3.55. The summed E-state index contributed by atoms with van der Waals surface area (Å²) in [7, 11) is -3.42. The molecule has 0 spiro atoms. The van der Waals surface area contributed by atoms with Crippen LogP contribution in [0.5, 0.6) is 0 Å². The standard InChI is InChI=1S/C30H33ClF2O9S/c1-16-11-20-21-13-23(32)22-12-18(34)9-10-27(22,2)29(21,33)24(35)14-28(20,3)30(16,42-26(37)40-4)25(36)15-41-43(38,39)19-7-5-17(31)6-8-19/h5-10,12,16,20-21,23-24,35H,11,13-15H2,1-4H3/t16-,20+,21+,23+,24+,27+,28+,29+,30+/m1/s1. The molecule has 3 saturated carbocycles. The molecule has 3 fully saturated rings. The average molecular weight is 643 g/mol. The second kappa shape index (κ2) is 10.5. The van der Waals surface area contributed by atoms with Gasteiger partial charge in [0.2, 0.25) is 5.78 Å². The lowest BCUT2D eigenvalue weighted by Crippen LogP contribution is -2.71. The molecule has 0 aromatic heterocycles. The summed E-state index contributed by atoms with van der Waals surface area (Å²) in [6, 6.07) is 5.06. The first-order chi connectivity index (χ1) is 20.0. The fourth-order valence-corrected chi connectivity index (χ4v) is 9.47. The molecular formula is C30H33ClF2O9S. The van der Waals surface area contributed by atoms with Crippen molar-refractivity contribution in [3.05, 3.63) is 53.1 Å². The number of ketones is 2. The van der Waals surface area contributed by atoms with Gasteiger partial charge in [0.15, 0.2) is 17.1 Å². The molecule has 43 heavy (non-hydrogen) atoms. The molecule has 0 saturated heterocycles. The van der Waals surface area contributed by atoms with E-state index in [9.17, 15) is 27.9 Å². The highest BCUT2D eigenvalue weighted by Crippen LogP contribution is 2.71. The molecule has 4 aliphatic rings.